The van der Waals surface area contributed by atoms with E-state index in [1.165, 1.54) is 60.8 Å². The normalized spacial score (nSPS) is 19.6. The Morgan fingerprint density at radius 3 is 2.00 bits per heavy atom. The molecule has 1 aliphatic heterocycles. The first kappa shape index (κ1) is 21.1. The van der Waals surface area contributed by atoms with Crippen LogP contribution >= 0.6 is 0 Å². The van der Waals surface area contributed by atoms with E-state index < -0.39 is 0 Å². The number of aryl methyl sites for hydroxylation is 1. The first-order valence-electron chi connectivity index (χ1n) is 11.2. The van der Waals surface area contributed by atoms with Gasteiger partial charge in [-0.15, -0.1) is 0 Å². The lowest BCUT2D eigenvalue weighted by Crippen LogP contribution is -2.31. The van der Waals surface area contributed by atoms with Gasteiger partial charge >= 0.3 is 0 Å². The van der Waals surface area contributed by atoms with Crippen LogP contribution in [0.25, 0.3) is 11.1 Å². The zero-order chi connectivity index (χ0) is 19.6. The second-order valence-electron chi connectivity index (χ2n) is 8.05. The molecule has 0 bridgehead atoms. The van der Waals surface area contributed by atoms with E-state index in [1.807, 2.05) is 0 Å². The highest BCUT2D eigenvalue weighted by Gasteiger charge is 2.23. The second kappa shape index (κ2) is 11.4. The molecule has 1 fully saturated rings. The van der Waals surface area contributed by atoms with Crippen molar-refractivity contribution in [2.75, 3.05) is 13.2 Å². The molecule has 2 atom stereocenters. The third kappa shape index (κ3) is 6.18. The van der Waals surface area contributed by atoms with Crippen LogP contribution in [0.2, 0.25) is 0 Å². The number of benzene rings is 2. The molecule has 0 amide bonds. The summed E-state index contributed by atoms with van der Waals surface area (Å²) in [6.45, 7) is 5.87. The zero-order valence-electron chi connectivity index (χ0n) is 17.7. The Balaban J connectivity index is 1.46. The van der Waals surface area contributed by atoms with Gasteiger partial charge in [-0.05, 0) is 35.1 Å². The summed E-state index contributed by atoms with van der Waals surface area (Å²) in [5.74, 6) is 0. The van der Waals surface area contributed by atoms with Crippen molar-refractivity contribution in [3.05, 3.63) is 59.7 Å². The number of unbranched alkanes of at least 4 members (excludes halogenated alkanes) is 4. The van der Waals surface area contributed by atoms with E-state index in [9.17, 15) is 0 Å². The summed E-state index contributed by atoms with van der Waals surface area (Å²) in [4.78, 5) is 0. The molecule has 2 aromatic carbocycles. The molecule has 0 saturated carbocycles. The van der Waals surface area contributed by atoms with Gasteiger partial charge in [-0.25, -0.2) is 0 Å². The molecule has 2 aromatic rings. The molecule has 0 unspecified atom stereocenters. The van der Waals surface area contributed by atoms with E-state index >= 15 is 0 Å². The maximum absolute atomic E-state index is 6.12. The molecule has 28 heavy (non-hydrogen) atoms. The van der Waals surface area contributed by atoms with Gasteiger partial charge in [0, 0.05) is 0 Å². The van der Waals surface area contributed by atoms with E-state index in [-0.39, 0.29) is 12.2 Å². The van der Waals surface area contributed by atoms with E-state index in [2.05, 4.69) is 62.4 Å². The summed E-state index contributed by atoms with van der Waals surface area (Å²) in [5.41, 5.74) is 5.16. The van der Waals surface area contributed by atoms with Gasteiger partial charge < -0.3 is 9.47 Å². The van der Waals surface area contributed by atoms with Crippen molar-refractivity contribution in [3.8, 4) is 11.1 Å². The minimum atomic E-state index is 0.0670. The average Bonchev–Trinajstić information content (AvgIpc) is 2.75. The molecule has 152 valence electrons. The monoisotopic (exact) mass is 380 g/mol. The maximum Gasteiger partial charge on any atom is 0.106 e. The molecule has 1 aliphatic rings. The molecule has 0 spiro atoms. The van der Waals surface area contributed by atoms with Gasteiger partial charge in [0.2, 0.25) is 0 Å². The van der Waals surface area contributed by atoms with Crippen molar-refractivity contribution in [1.29, 1.82) is 0 Å². The first-order valence-corrected chi connectivity index (χ1v) is 11.2. The Labute approximate surface area is 171 Å². The SMILES string of the molecule is CCCCCCC[C@@H]1CO[C@@H](c2ccc(-c3ccc(CCC)cc3)cc2)CO1. The molecule has 2 heteroatoms. The highest BCUT2D eigenvalue weighted by molar-refractivity contribution is 5.64. The number of hydrogen-bond donors (Lipinski definition) is 0. The lowest BCUT2D eigenvalue weighted by Gasteiger charge is -2.30. The third-order valence-electron chi connectivity index (χ3n) is 5.70. The predicted octanol–water partition coefficient (Wildman–Crippen LogP) is 7.12. The minimum absolute atomic E-state index is 0.0670. The van der Waals surface area contributed by atoms with Crippen molar-refractivity contribution in [2.24, 2.45) is 0 Å². The van der Waals surface area contributed by atoms with E-state index in [0.717, 1.165) is 19.4 Å². The van der Waals surface area contributed by atoms with Gasteiger partial charge in [0.15, 0.2) is 0 Å². The Hall–Kier alpha value is -1.64. The van der Waals surface area contributed by atoms with Gasteiger partial charge in [-0.1, -0.05) is 101 Å². The standard InChI is InChI=1S/C26H36O2/c1-3-5-6-7-8-10-25-19-28-26(20-27-25)24-17-15-23(16-18-24)22-13-11-21(9-4-2)12-14-22/h11-18,25-26H,3-10,19-20H2,1-2H3/t25-,26-/m1/s1. The van der Waals surface area contributed by atoms with Crippen LogP contribution in [-0.4, -0.2) is 19.3 Å². The fourth-order valence-corrected chi connectivity index (χ4v) is 3.92. The van der Waals surface area contributed by atoms with Crippen LogP contribution in [0.5, 0.6) is 0 Å². The van der Waals surface area contributed by atoms with Gasteiger partial charge in [0.05, 0.1) is 19.3 Å². The molecule has 1 heterocycles. The van der Waals surface area contributed by atoms with Crippen LogP contribution in [0.1, 0.15) is 76.0 Å². The summed E-state index contributed by atoms with van der Waals surface area (Å²) >= 11 is 0. The van der Waals surface area contributed by atoms with Crippen molar-refractivity contribution in [1.82, 2.24) is 0 Å². The molecular formula is C26H36O2. The van der Waals surface area contributed by atoms with Crippen LogP contribution in [0.3, 0.4) is 0 Å². The minimum Gasteiger partial charge on any atom is -0.373 e. The van der Waals surface area contributed by atoms with Gasteiger partial charge in [-0.2, -0.15) is 0 Å². The maximum atomic E-state index is 6.12. The summed E-state index contributed by atoms with van der Waals surface area (Å²) in [7, 11) is 0. The average molecular weight is 381 g/mol. The summed E-state index contributed by atoms with van der Waals surface area (Å²) in [6.07, 6.45) is 10.4. The van der Waals surface area contributed by atoms with Gasteiger partial charge in [0.25, 0.3) is 0 Å². The van der Waals surface area contributed by atoms with Crippen LogP contribution in [0.4, 0.5) is 0 Å². The summed E-state index contributed by atoms with van der Waals surface area (Å²) in [5, 5.41) is 0. The highest BCUT2D eigenvalue weighted by atomic mass is 16.6. The van der Waals surface area contributed by atoms with Gasteiger partial charge in [0.1, 0.15) is 6.10 Å². The van der Waals surface area contributed by atoms with Crippen LogP contribution in [-0.2, 0) is 15.9 Å². The fourth-order valence-electron chi connectivity index (χ4n) is 3.92. The largest absolute Gasteiger partial charge is 0.373 e. The van der Waals surface area contributed by atoms with Crippen molar-refractivity contribution >= 4 is 0 Å². The molecule has 0 aliphatic carbocycles. The predicted molar refractivity (Wildman–Crippen MR) is 118 cm³/mol. The van der Waals surface area contributed by atoms with Crippen LogP contribution < -0.4 is 0 Å². The zero-order valence-corrected chi connectivity index (χ0v) is 17.7. The second-order valence-corrected chi connectivity index (χ2v) is 8.05. The fraction of sp³-hybridized carbons (Fsp3) is 0.538. The van der Waals surface area contributed by atoms with Crippen LogP contribution in [0.15, 0.2) is 48.5 Å². The molecule has 2 nitrogen and oxygen atoms in total. The Bertz CT molecular complexity index is 667. The van der Waals surface area contributed by atoms with Crippen LogP contribution in [0, 0.1) is 0 Å². The molecular weight excluding hydrogens is 344 g/mol. The number of hydrogen-bond acceptors (Lipinski definition) is 2. The molecule has 0 N–H and O–H groups in total. The van der Waals surface area contributed by atoms with Crippen molar-refractivity contribution in [3.63, 3.8) is 0 Å². The molecule has 0 aromatic heterocycles. The Kier molecular flexibility index (Phi) is 8.57. The highest BCUT2D eigenvalue weighted by Crippen LogP contribution is 2.27. The molecule has 0 radical (unpaired) electrons. The molecule has 3 rings (SSSR count). The van der Waals surface area contributed by atoms with Crippen molar-refractivity contribution in [2.45, 2.75) is 77.4 Å². The molecule has 1 saturated heterocycles. The number of rotatable bonds is 10. The summed E-state index contributed by atoms with van der Waals surface area (Å²) in [6, 6.07) is 17.7. The number of ether oxygens (including phenoxy) is 2. The van der Waals surface area contributed by atoms with Crippen molar-refractivity contribution < 1.29 is 9.47 Å². The Morgan fingerprint density at radius 1 is 0.714 bits per heavy atom. The van der Waals surface area contributed by atoms with E-state index in [4.69, 9.17) is 9.47 Å². The first-order chi connectivity index (χ1) is 13.8. The Morgan fingerprint density at radius 2 is 1.39 bits per heavy atom. The quantitative estimate of drug-likeness (QED) is 0.408. The lowest BCUT2D eigenvalue weighted by atomic mass is 9.99. The third-order valence-corrected chi connectivity index (χ3v) is 5.70. The summed E-state index contributed by atoms with van der Waals surface area (Å²) < 4.78 is 12.2. The van der Waals surface area contributed by atoms with E-state index in [0.29, 0.717) is 6.61 Å². The topological polar surface area (TPSA) is 18.5 Å². The smallest absolute Gasteiger partial charge is 0.106 e. The van der Waals surface area contributed by atoms with Gasteiger partial charge in [-0.3, -0.25) is 0 Å². The lowest BCUT2D eigenvalue weighted by molar-refractivity contribution is -0.137. The van der Waals surface area contributed by atoms with E-state index in [1.54, 1.807) is 0 Å².